The van der Waals surface area contributed by atoms with Crippen molar-refractivity contribution >= 4 is 16.9 Å². The lowest BCUT2D eigenvalue weighted by Crippen LogP contribution is -2.53. The molecule has 1 aromatic heterocycles. The van der Waals surface area contributed by atoms with Gasteiger partial charge in [-0.15, -0.1) is 0 Å². The molecular formula is C20H25N3O. The molecule has 2 aromatic rings. The largest absolute Gasteiger partial charge is 0.348 e. The molecule has 4 nitrogen and oxygen atoms in total. The quantitative estimate of drug-likeness (QED) is 0.941. The second kappa shape index (κ2) is 5.08. The van der Waals surface area contributed by atoms with Crippen molar-refractivity contribution in [2.24, 2.45) is 30.2 Å². The molecule has 6 rings (SSSR count). The summed E-state index contributed by atoms with van der Waals surface area (Å²) in [5.74, 6) is 3.64. The Morgan fingerprint density at radius 1 is 1.17 bits per heavy atom. The zero-order chi connectivity index (χ0) is 16.3. The zero-order valence-corrected chi connectivity index (χ0v) is 14.3. The van der Waals surface area contributed by atoms with Crippen molar-refractivity contribution in [2.75, 3.05) is 0 Å². The number of benzene rings is 1. The number of nitrogens with one attached hydrogen (secondary N) is 1. The van der Waals surface area contributed by atoms with Gasteiger partial charge in [0.25, 0.3) is 0 Å². The molecule has 4 aliphatic rings. The average molecular weight is 323 g/mol. The summed E-state index contributed by atoms with van der Waals surface area (Å²) < 4.78 is 2.09. The lowest BCUT2D eigenvalue weighted by atomic mass is 9.49. The normalized spacial score (nSPS) is 34.0. The van der Waals surface area contributed by atoms with E-state index in [1.54, 1.807) is 0 Å². The Balaban J connectivity index is 1.34. The van der Waals surface area contributed by atoms with Crippen LogP contribution in [0.4, 0.5) is 0 Å². The molecule has 1 aromatic carbocycles. The number of hydrogen-bond acceptors (Lipinski definition) is 2. The van der Waals surface area contributed by atoms with Crippen LogP contribution in [-0.2, 0) is 18.4 Å². The van der Waals surface area contributed by atoms with Crippen LogP contribution in [-0.4, -0.2) is 15.5 Å². The van der Waals surface area contributed by atoms with Crippen LogP contribution < -0.4 is 5.32 Å². The predicted octanol–water partition coefficient (Wildman–Crippen LogP) is 3.41. The van der Waals surface area contributed by atoms with Crippen LogP contribution in [0, 0.1) is 23.2 Å². The van der Waals surface area contributed by atoms with Gasteiger partial charge in [-0.05, 0) is 68.4 Å². The third kappa shape index (κ3) is 2.11. The molecular weight excluding hydrogens is 298 g/mol. The highest BCUT2D eigenvalue weighted by Gasteiger charge is 2.54. The van der Waals surface area contributed by atoms with Gasteiger partial charge in [-0.2, -0.15) is 0 Å². The Hall–Kier alpha value is -1.84. The Bertz CT molecular complexity index is 771. The van der Waals surface area contributed by atoms with E-state index in [1.807, 2.05) is 25.2 Å². The van der Waals surface area contributed by atoms with Crippen molar-refractivity contribution in [3.8, 4) is 0 Å². The van der Waals surface area contributed by atoms with Crippen LogP contribution in [0.1, 0.15) is 44.3 Å². The Morgan fingerprint density at radius 2 is 1.79 bits per heavy atom. The minimum absolute atomic E-state index is 0.0701. The number of hydrogen-bond donors (Lipinski definition) is 1. The van der Waals surface area contributed by atoms with Gasteiger partial charge in [-0.1, -0.05) is 12.1 Å². The highest BCUT2D eigenvalue weighted by Crippen LogP contribution is 2.60. The van der Waals surface area contributed by atoms with Gasteiger partial charge in [0.2, 0.25) is 5.91 Å². The standard InChI is InChI=1S/C20H25N3O/c1-23-17-5-3-2-4-16(17)22-18(23)12-21-19(24)20-9-13-6-14(10-20)8-15(7-13)11-20/h2-5,13-15H,6-12H2,1H3,(H,21,24). The fourth-order valence-corrected chi connectivity index (χ4v) is 6.09. The van der Waals surface area contributed by atoms with E-state index >= 15 is 0 Å². The second-order valence-corrected chi connectivity index (χ2v) is 8.46. The van der Waals surface area contributed by atoms with E-state index in [4.69, 9.17) is 0 Å². The van der Waals surface area contributed by atoms with Crippen molar-refractivity contribution < 1.29 is 4.79 Å². The molecule has 0 saturated heterocycles. The number of aryl methyl sites for hydroxylation is 1. The summed E-state index contributed by atoms with van der Waals surface area (Å²) in [4.78, 5) is 17.7. The van der Waals surface area contributed by atoms with Gasteiger partial charge in [0, 0.05) is 12.5 Å². The van der Waals surface area contributed by atoms with Gasteiger partial charge in [0.05, 0.1) is 17.6 Å². The molecule has 4 fully saturated rings. The maximum absolute atomic E-state index is 13.0. The zero-order valence-electron chi connectivity index (χ0n) is 14.3. The molecule has 1 amide bonds. The summed E-state index contributed by atoms with van der Waals surface area (Å²) in [6.07, 6.45) is 7.47. The minimum Gasteiger partial charge on any atom is -0.348 e. The molecule has 4 saturated carbocycles. The molecule has 0 radical (unpaired) electrons. The van der Waals surface area contributed by atoms with E-state index in [-0.39, 0.29) is 11.3 Å². The van der Waals surface area contributed by atoms with E-state index in [0.29, 0.717) is 6.54 Å². The van der Waals surface area contributed by atoms with Gasteiger partial charge in [-0.3, -0.25) is 4.79 Å². The maximum atomic E-state index is 13.0. The number of para-hydroxylation sites is 2. The highest BCUT2D eigenvalue weighted by atomic mass is 16.2. The molecule has 1 N–H and O–H groups in total. The first kappa shape index (κ1) is 14.5. The number of nitrogens with zero attached hydrogens (tertiary/aromatic N) is 2. The number of carbonyl (C=O) groups is 1. The second-order valence-electron chi connectivity index (χ2n) is 8.46. The fraction of sp³-hybridized carbons (Fsp3) is 0.600. The summed E-state index contributed by atoms with van der Waals surface area (Å²) in [5.41, 5.74) is 2.05. The lowest BCUT2D eigenvalue weighted by molar-refractivity contribution is -0.146. The van der Waals surface area contributed by atoms with Crippen LogP contribution >= 0.6 is 0 Å². The predicted molar refractivity (Wildman–Crippen MR) is 93.2 cm³/mol. The van der Waals surface area contributed by atoms with Crippen LogP contribution in [0.15, 0.2) is 24.3 Å². The number of aromatic nitrogens is 2. The molecule has 0 unspecified atom stereocenters. The van der Waals surface area contributed by atoms with Crippen molar-refractivity contribution in [3.63, 3.8) is 0 Å². The van der Waals surface area contributed by atoms with Gasteiger partial charge in [0.15, 0.2) is 0 Å². The summed E-state index contributed by atoms with van der Waals surface area (Å²) >= 11 is 0. The van der Waals surface area contributed by atoms with Gasteiger partial charge < -0.3 is 9.88 Å². The molecule has 126 valence electrons. The van der Waals surface area contributed by atoms with Crippen molar-refractivity contribution in [3.05, 3.63) is 30.1 Å². The Labute approximate surface area is 142 Å². The smallest absolute Gasteiger partial charge is 0.226 e. The highest BCUT2D eigenvalue weighted by molar-refractivity contribution is 5.83. The third-order valence-electron chi connectivity index (χ3n) is 6.81. The molecule has 0 spiro atoms. The van der Waals surface area contributed by atoms with E-state index in [0.717, 1.165) is 53.9 Å². The summed E-state index contributed by atoms with van der Waals surface area (Å²) in [6, 6.07) is 8.14. The van der Waals surface area contributed by atoms with E-state index in [1.165, 1.54) is 19.3 Å². The molecule has 1 heterocycles. The Kier molecular flexibility index (Phi) is 3.07. The maximum Gasteiger partial charge on any atom is 0.226 e. The number of carbonyl (C=O) groups excluding carboxylic acids is 1. The fourth-order valence-electron chi connectivity index (χ4n) is 6.09. The summed E-state index contributed by atoms with van der Waals surface area (Å²) in [5, 5.41) is 3.24. The number of fused-ring (bicyclic) bond motifs is 1. The number of imidazole rings is 1. The molecule has 4 aliphatic carbocycles. The van der Waals surface area contributed by atoms with E-state index in [2.05, 4.69) is 20.9 Å². The SMILES string of the molecule is Cn1c(CNC(=O)C23CC4CC(CC(C4)C2)C3)nc2ccccc21. The van der Waals surface area contributed by atoms with Gasteiger partial charge in [0.1, 0.15) is 5.82 Å². The number of rotatable bonds is 3. The number of amides is 1. The van der Waals surface area contributed by atoms with Crippen molar-refractivity contribution in [1.82, 2.24) is 14.9 Å². The van der Waals surface area contributed by atoms with Gasteiger partial charge in [-0.25, -0.2) is 4.98 Å². The topological polar surface area (TPSA) is 46.9 Å². The lowest BCUT2D eigenvalue weighted by Gasteiger charge is -2.55. The first-order valence-electron chi connectivity index (χ1n) is 9.32. The molecule has 4 heteroatoms. The molecule has 24 heavy (non-hydrogen) atoms. The van der Waals surface area contributed by atoms with Gasteiger partial charge >= 0.3 is 0 Å². The summed E-state index contributed by atoms with van der Waals surface area (Å²) in [6.45, 7) is 0.533. The summed E-state index contributed by atoms with van der Waals surface area (Å²) in [7, 11) is 2.03. The first-order chi connectivity index (χ1) is 11.6. The van der Waals surface area contributed by atoms with E-state index < -0.39 is 0 Å². The van der Waals surface area contributed by atoms with Crippen LogP contribution in [0.5, 0.6) is 0 Å². The Morgan fingerprint density at radius 3 is 2.42 bits per heavy atom. The monoisotopic (exact) mass is 323 g/mol. The molecule has 0 aliphatic heterocycles. The van der Waals surface area contributed by atoms with Crippen LogP contribution in [0.2, 0.25) is 0 Å². The van der Waals surface area contributed by atoms with E-state index in [9.17, 15) is 4.79 Å². The average Bonchev–Trinajstić information content (AvgIpc) is 2.88. The third-order valence-corrected chi connectivity index (χ3v) is 6.81. The first-order valence-corrected chi connectivity index (χ1v) is 9.32. The molecule has 0 atom stereocenters. The minimum atomic E-state index is -0.0701. The van der Waals surface area contributed by atoms with Crippen LogP contribution in [0.25, 0.3) is 11.0 Å². The van der Waals surface area contributed by atoms with Crippen molar-refractivity contribution in [1.29, 1.82) is 0 Å². The van der Waals surface area contributed by atoms with Crippen LogP contribution in [0.3, 0.4) is 0 Å². The molecule has 4 bridgehead atoms. The van der Waals surface area contributed by atoms with Crippen molar-refractivity contribution in [2.45, 2.75) is 45.1 Å².